The summed E-state index contributed by atoms with van der Waals surface area (Å²) in [5.41, 5.74) is 4.77. The van der Waals surface area contributed by atoms with Crippen molar-refractivity contribution in [2.75, 3.05) is 13.1 Å². The largest absolute Gasteiger partial charge is 0.345 e. The lowest BCUT2D eigenvalue weighted by Gasteiger charge is -2.32. The van der Waals surface area contributed by atoms with Crippen LogP contribution in [0.5, 0.6) is 0 Å². The van der Waals surface area contributed by atoms with E-state index in [-0.39, 0.29) is 5.91 Å². The highest BCUT2D eigenvalue weighted by Gasteiger charge is 2.26. The molecule has 4 heterocycles. The summed E-state index contributed by atoms with van der Waals surface area (Å²) >= 11 is 0. The predicted molar refractivity (Wildman–Crippen MR) is 99.2 cm³/mol. The Hall–Kier alpha value is -3.15. The number of hydrogen-bond donors (Lipinski definition) is 1. The number of nitrogens with one attached hydrogen (secondary N) is 1. The maximum absolute atomic E-state index is 12.9. The summed E-state index contributed by atoms with van der Waals surface area (Å²) in [7, 11) is 0. The summed E-state index contributed by atoms with van der Waals surface area (Å²) in [6.07, 6.45) is 7.44. The first-order chi connectivity index (χ1) is 12.8. The molecule has 1 aliphatic rings. The van der Waals surface area contributed by atoms with E-state index in [4.69, 9.17) is 0 Å². The van der Waals surface area contributed by atoms with Crippen molar-refractivity contribution in [3.63, 3.8) is 0 Å². The molecule has 6 heteroatoms. The van der Waals surface area contributed by atoms with Gasteiger partial charge in [0.05, 0.1) is 17.4 Å². The van der Waals surface area contributed by atoms with Crippen LogP contribution < -0.4 is 0 Å². The quantitative estimate of drug-likeness (QED) is 0.606. The molecular weight excluding hydrogens is 326 g/mol. The maximum Gasteiger partial charge on any atom is 0.253 e. The molecule has 1 N–H and O–H groups in total. The molecule has 0 spiro atoms. The number of imidazole rings is 2. The van der Waals surface area contributed by atoms with E-state index in [9.17, 15) is 4.79 Å². The van der Waals surface area contributed by atoms with Crippen molar-refractivity contribution < 1.29 is 4.79 Å². The van der Waals surface area contributed by atoms with Gasteiger partial charge in [0.15, 0.2) is 0 Å². The van der Waals surface area contributed by atoms with Crippen LogP contribution >= 0.6 is 0 Å². The number of rotatable bonds is 2. The summed E-state index contributed by atoms with van der Waals surface area (Å²) in [5.74, 6) is 0.549. The van der Waals surface area contributed by atoms with E-state index in [0.717, 1.165) is 48.2 Å². The van der Waals surface area contributed by atoms with Gasteiger partial charge in [-0.15, -0.1) is 0 Å². The third-order valence-electron chi connectivity index (χ3n) is 5.33. The van der Waals surface area contributed by atoms with Crippen LogP contribution in [-0.2, 0) is 0 Å². The number of fused-ring (bicyclic) bond motifs is 2. The van der Waals surface area contributed by atoms with Crippen molar-refractivity contribution in [2.24, 2.45) is 0 Å². The first-order valence-corrected chi connectivity index (χ1v) is 8.94. The second kappa shape index (κ2) is 5.98. The summed E-state index contributed by atoms with van der Waals surface area (Å²) in [6.45, 7) is 1.55. The Labute approximate surface area is 150 Å². The number of pyridine rings is 1. The van der Waals surface area contributed by atoms with Gasteiger partial charge in [0.25, 0.3) is 5.91 Å². The highest BCUT2D eigenvalue weighted by atomic mass is 16.2. The Balaban J connectivity index is 1.33. The highest BCUT2D eigenvalue weighted by molar-refractivity contribution is 5.97. The van der Waals surface area contributed by atoms with E-state index in [1.54, 1.807) is 6.33 Å². The molecule has 0 radical (unpaired) electrons. The summed E-state index contributed by atoms with van der Waals surface area (Å²) in [4.78, 5) is 26.5. The molecule has 0 atom stereocenters. The minimum atomic E-state index is 0.0980. The Morgan fingerprint density at radius 1 is 1.12 bits per heavy atom. The van der Waals surface area contributed by atoms with Crippen molar-refractivity contribution in [2.45, 2.75) is 18.8 Å². The molecule has 1 amide bonds. The molecule has 1 aliphatic heterocycles. The summed E-state index contributed by atoms with van der Waals surface area (Å²) in [6, 6.07) is 11.9. The minimum Gasteiger partial charge on any atom is -0.345 e. The molecule has 1 fully saturated rings. The number of piperidine rings is 1. The number of nitrogens with zero attached hydrogens (tertiary/aromatic N) is 4. The third-order valence-corrected chi connectivity index (χ3v) is 5.33. The molecule has 0 saturated carbocycles. The molecule has 3 aromatic heterocycles. The van der Waals surface area contributed by atoms with E-state index in [1.165, 1.54) is 5.69 Å². The van der Waals surface area contributed by atoms with Gasteiger partial charge in [0.2, 0.25) is 0 Å². The van der Waals surface area contributed by atoms with Crippen molar-refractivity contribution >= 4 is 22.6 Å². The van der Waals surface area contributed by atoms with Crippen molar-refractivity contribution in [3.8, 4) is 0 Å². The molecule has 26 heavy (non-hydrogen) atoms. The Morgan fingerprint density at radius 3 is 2.88 bits per heavy atom. The molecule has 4 aromatic rings. The van der Waals surface area contributed by atoms with Gasteiger partial charge in [-0.05, 0) is 43.2 Å². The topological polar surface area (TPSA) is 66.3 Å². The zero-order chi connectivity index (χ0) is 17.5. The number of aromatic nitrogens is 4. The SMILES string of the molecule is O=C(c1ccc2nc[nH]c2c1)N1CCC(c2cccc3nccn23)CC1. The minimum absolute atomic E-state index is 0.0980. The van der Waals surface area contributed by atoms with Gasteiger partial charge in [-0.3, -0.25) is 4.79 Å². The number of aromatic amines is 1. The molecule has 5 rings (SSSR count). The molecule has 6 nitrogen and oxygen atoms in total. The first kappa shape index (κ1) is 15.1. The van der Waals surface area contributed by atoms with Gasteiger partial charge in [-0.1, -0.05) is 6.07 Å². The fourth-order valence-corrected chi connectivity index (χ4v) is 3.93. The average Bonchev–Trinajstić information content (AvgIpc) is 3.35. The smallest absolute Gasteiger partial charge is 0.253 e. The molecule has 1 aromatic carbocycles. The standard InChI is InChI=1S/C20H19N5O/c26-20(15-4-5-16-17(12-15)23-13-22-16)24-9-6-14(7-10-24)18-2-1-3-19-21-8-11-25(18)19/h1-5,8,11-14H,6-7,9-10H2,(H,22,23). The van der Waals surface area contributed by atoms with Crippen LogP contribution in [-0.4, -0.2) is 43.2 Å². The number of carbonyl (C=O) groups excluding carboxylic acids is 1. The molecule has 130 valence electrons. The van der Waals surface area contributed by atoms with E-state index in [1.807, 2.05) is 41.6 Å². The van der Waals surface area contributed by atoms with Crippen LogP contribution in [0.25, 0.3) is 16.7 Å². The van der Waals surface area contributed by atoms with Crippen molar-refractivity contribution in [1.29, 1.82) is 0 Å². The van der Waals surface area contributed by atoms with E-state index in [0.29, 0.717) is 5.92 Å². The zero-order valence-corrected chi connectivity index (χ0v) is 14.3. The fraction of sp³-hybridized carbons (Fsp3) is 0.250. The third kappa shape index (κ3) is 2.45. The second-order valence-electron chi connectivity index (χ2n) is 6.81. The van der Waals surface area contributed by atoms with Gasteiger partial charge < -0.3 is 14.3 Å². The van der Waals surface area contributed by atoms with Crippen LogP contribution in [0.15, 0.2) is 55.1 Å². The maximum atomic E-state index is 12.9. The van der Waals surface area contributed by atoms with Crippen LogP contribution in [0.2, 0.25) is 0 Å². The lowest BCUT2D eigenvalue weighted by molar-refractivity contribution is 0.0712. The Morgan fingerprint density at radius 2 is 2.00 bits per heavy atom. The average molecular weight is 345 g/mol. The number of likely N-dealkylation sites (tertiary alicyclic amines) is 1. The lowest BCUT2D eigenvalue weighted by Crippen LogP contribution is -2.38. The van der Waals surface area contributed by atoms with E-state index < -0.39 is 0 Å². The molecule has 0 unspecified atom stereocenters. The normalized spacial score (nSPS) is 15.8. The Bertz CT molecular complexity index is 1090. The molecular formula is C20H19N5O. The molecule has 0 bridgehead atoms. The number of carbonyl (C=O) groups is 1. The van der Waals surface area contributed by atoms with Gasteiger partial charge >= 0.3 is 0 Å². The van der Waals surface area contributed by atoms with Crippen LogP contribution in [0.1, 0.15) is 34.8 Å². The zero-order valence-electron chi connectivity index (χ0n) is 14.3. The van der Waals surface area contributed by atoms with Gasteiger partial charge in [-0.2, -0.15) is 0 Å². The predicted octanol–water partition coefficient (Wildman–Crippen LogP) is 3.23. The van der Waals surface area contributed by atoms with Crippen molar-refractivity contribution in [1.82, 2.24) is 24.3 Å². The van der Waals surface area contributed by atoms with Gasteiger partial charge in [-0.25, -0.2) is 9.97 Å². The van der Waals surface area contributed by atoms with Crippen LogP contribution in [0.3, 0.4) is 0 Å². The monoisotopic (exact) mass is 345 g/mol. The number of hydrogen-bond acceptors (Lipinski definition) is 3. The van der Waals surface area contributed by atoms with Gasteiger partial charge in [0, 0.05) is 42.7 Å². The van der Waals surface area contributed by atoms with E-state index >= 15 is 0 Å². The highest BCUT2D eigenvalue weighted by Crippen LogP contribution is 2.29. The van der Waals surface area contributed by atoms with Crippen LogP contribution in [0, 0.1) is 0 Å². The van der Waals surface area contributed by atoms with Crippen molar-refractivity contribution in [3.05, 3.63) is 66.4 Å². The second-order valence-corrected chi connectivity index (χ2v) is 6.81. The number of H-pyrrole nitrogens is 1. The molecule has 1 saturated heterocycles. The lowest BCUT2D eigenvalue weighted by atomic mass is 9.92. The molecule has 0 aliphatic carbocycles. The van der Waals surface area contributed by atoms with Crippen LogP contribution in [0.4, 0.5) is 0 Å². The number of amides is 1. The Kier molecular flexibility index (Phi) is 3.48. The first-order valence-electron chi connectivity index (χ1n) is 8.94. The van der Waals surface area contributed by atoms with Gasteiger partial charge in [0.1, 0.15) is 5.65 Å². The van der Waals surface area contributed by atoms with E-state index in [2.05, 4.69) is 31.5 Å². The summed E-state index contributed by atoms with van der Waals surface area (Å²) < 4.78 is 2.16. The fourth-order valence-electron chi connectivity index (χ4n) is 3.93. The summed E-state index contributed by atoms with van der Waals surface area (Å²) in [5, 5.41) is 0. The number of benzene rings is 1.